The summed E-state index contributed by atoms with van der Waals surface area (Å²) in [7, 11) is 0. The normalized spacial score (nSPS) is 32.5. The molecule has 3 amide bonds. The Balaban J connectivity index is 2.02. The molecule has 2 heterocycles. The number of rotatable bonds is 2. The molecular weight excluding hydrogens is 182 g/mol. The maximum Gasteiger partial charge on any atom is 0.324 e. The lowest BCUT2D eigenvalue weighted by molar-refractivity contribution is -0.125. The lowest BCUT2D eigenvalue weighted by Gasteiger charge is -2.28. The number of carbonyl (C=O) groups is 2. The van der Waals surface area contributed by atoms with Crippen LogP contribution in [0.5, 0.6) is 0 Å². The fourth-order valence-electron chi connectivity index (χ4n) is 2.06. The number of imide groups is 1. The summed E-state index contributed by atoms with van der Waals surface area (Å²) in [6.45, 7) is 3.66. The van der Waals surface area contributed by atoms with Gasteiger partial charge in [-0.05, 0) is 26.3 Å². The highest BCUT2D eigenvalue weighted by Gasteiger charge is 2.37. The Morgan fingerprint density at radius 3 is 2.79 bits per heavy atom. The summed E-state index contributed by atoms with van der Waals surface area (Å²) in [5.74, 6) is -0.120. The van der Waals surface area contributed by atoms with E-state index in [0.717, 1.165) is 19.4 Å². The predicted octanol–water partition coefficient (Wildman–Crippen LogP) is -0.320. The second-order valence-corrected chi connectivity index (χ2v) is 4.23. The van der Waals surface area contributed by atoms with E-state index in [1.807, 2.05) is 0 Å². The zero-order chi connectivity index (χ0) is 10.2. The van der Waals surface area contributed by atoms with Crippen LogP contribution in [0.2, 0.25) is 0 Å². The number of hydrogen-bond donors (Lipinski definition) is 2. The number of nitrogens with zero attached hydrogens (tertiary/aromatic N) is 1. The molecule has 1 unspecified atom stereocenters. The standard InChI is InChI=1S/C9H15N3O2/c1-9(3-2-4-11-9)6-12-7(13)5-10-8(12)14/h11H,2-6H2,1H3,(H,10,14). The summed E-state index contributed by atoms with van der Waals surface area (Å²) >= 11 is 0. The average Bonchev–Trinajstić information content (AvgIpc) is 2.68. The molecule has 5 nitrogen and oxygen atoms in total. The molecule has 0 bridgehead atoms. The second kappa shape index (κ2) is 3.24. The lowest BCUT2D eigenvalue weighted by Crippen LogP contribution is -2.49. The molecule has 0 aliphatic carbocycles. The highest BCUT2D eigenvalue weighted by Crippen LogP contribution is 2.20. The van der Waals surface area contributed by atoms with Crippen LogP contribution < -0.4 is 10.6 Å². The molecule has 0 aromatic heterocycles. The zero-order valence-electron chi connectivity index (χ0n) is 8.30. The van der Waals surface area contributed by atoms with Gasteiger partial charge in [0.05, 0.1) is 6.54 Å². The van der Waals surface area contributed by atoms with Crippen LogP contribution >= 0.6 is 0 Å². The average molecular weight is 197 g/mol. The first-order valence-corrected chi connectivity index (χ1v) is 4.94. The van der Waals surface area contributed by atoms with Crippen molar-refractivity contribution in [3.05, 3.63) is 0 Å². The molecule has 0 aromatic rings. The first kappa shape index (κ1) is 9.45. The predicted molar refractivity (Wildman–Crippen MR) is 50.8 cm³/mol. The molecule has 2 N–H and O–H groups in total. The quantitative estimate of drug-likeness (QED) is 0.596. The van der Waals surface area contributed by atoms with Crippen molar-refractivity contribution in [2.24, 2.45) is 0 Å². The van der Waals surface area contributed by atoms with E-state index in [1.54, 1.807) is 0 Å². The summed E-state index contributed by atoms with van der Waals surface area (Å²) < 4.78 is 0. The van der Waals surface area contributed by atoms with Crippen LogP contribution in [0.3, 0.4) is 0 Å². The molecule has 0 radical (unpaired) electrons. The topological polar surface area (TPSA) is 61.4 Å². The van der Waals surface area contributed by atoms with E-state index in [2.05, 4.69) is 17.6 Å². The number of hydrogen-bond acceptors (Lipinski definition) is 3. The third kappa shape index (κ3) is 1.59. The van der Waals surface area contributed by atoms with E-state index in [-0.39, 0.29) is 24.0 Å². The van der Waals surface area contributed by atoms with Crippen molar-refractivity contribution in [1.29, 1.82) is 0 Å². The number of nitrogens with one attached hydrogen (secondary N) is 2. The van der Waals surface area contributed by atoms with E-state index in [1.165, 1.54) is 4.90 Å². The Morgan fingerprint density at radius 1 is 1.50 bits per heavy atom. The van der Waals surface area contributed by atoms with E-state index >= 15 is 0 Å². The van der Waals surface area contributed by atoms with Crippen molar-refractivity contribution in [3.63, 3.8) is 0 Å². The third-order valence-corrected chi connectivity index (χ3v) is 2.90. The van der Waals surface area contributed by atoms with Crippen LogP contribution in [0.25, 0.3) is 0 Å². The summed E-state index contributed by atoms with van der Waals surface area (Å²) in [5, 5.41) is 5.85. The fourth-order valence-corrected chi connectivity index (χ4v) is 2.06. The Labute approximate surface area is 82.8 Å². The van der Waals surface area contributed by atoms with Crippen molar-refractivity contribution >= 4 is 11.9 Å². The summed E-state index contributed by atoms with van der Waals surface area (Å²) in [6.07, 6.45) is 2.13. The van der Waals surface area contributed by atoms with Gasteiger partial charge in [0.1, 0.15) is 0 Å². The number of carbonyl (C=O) groups excluding carboxylic acids is 2. The van der Waals surface area contributed by atoms with Gasteiger partial charge < -0.3 is 10.6 Å². The highest BCUT2D eigenvalue weighted by atomic mass is 16.2. The van der Waals surface area contributed by atoms with Crippen LogP contribution in [-0.2, 0) is 4.79 Å². The van der Waals surface area contributed by atoms with Crippen molar-refractivity contribution in [3.8, 4) is 0 Å². The first-order chi connectivity index (χ1) is 6.61. The Hall–Kier alpha value is -1.10. The van der Waals surface area contributed by atoms with Crippen molar-refractivity contribution in [2.45, 2.75) is 25.3 Å². The lowest BCUT2D eigenvalue weighted by atomic mass is 10.00. The van der Waals surface area contributed by atoms with E-state index in [0.29, 0.717) is 6.54 Å². The zero-order valence-corrected chi connectivity index (χ0v) is 8.30. The largest absolute Gasteiger partial charge is 0.329 e. The molecule has 0 aromatic carbocycles. The van der Waals surface area contributed by atoms with Gasteiger partial charge in [-0.15, -0.1) is 0 Å². The monoisotopic (exact) mass is 197 g/mol. The summed E-state index contributed by atoms with van der Waals surface area (Å²) in [6, 6.07) is -0.259. The summed E-state index contributed by atoms with van der Waals surface area (Å²) in [5.41, 5.74) is -0.0860. The van der Waals surface area contributed by atoms with Crippen LogP contribution in [0.4, 0.5) is 4.79 Å². The number of amides is 3. The molecule has 5 heteroatoms. The van der Waals surface area contributed by atoms with E-state index < -0.39 is 0 Å². The maximum atomic E-state index is 11.3. The molecule has 2 aliphatic rings. The Bertz CT molecular complexity index is 255. The maximum absolute atomic E-state index is 11.3. The van der Waals surface area contributed by atoms with Crippen molar-refractivity contribution in [1.82, 2.24) is 15.5 Å². The third-order valence-electron chi connectivity index (χ3n) is 2.90. The summed E-state index contributed by atoms with van der Waals surface area (Å²) in [4.78, 5) is 23.9. The minimum absolute atomic E-state index is 0.0860. The Kier molecular flexibility index (Phi) is 2.19. The molecule has 0 saturated carbocycles. The van der Waals surface area contributed by atoms with Gasteiger partial charge in [0, 0.05) is 12.1 Å². The molecule has 14 heavy (non-hydrogen) atoms. The molecule has 2 rings (SSSR count). The molecule has 1 atom stereocenters. The van der Waals surface area contributed by atoms with Gasteiger partial charge in [-0.3, -0.25) is 9.69 Å². The van der Waals surface area contributed by atoms with Gasteiger partial charge in [0.2, 0.25) is 5.91 Å². The second-order valence-electron chi connectivity index (χ2n) is 4.23. The smallest absolute Gasteiger partial charge is 0.324 e. The molecular formula is C9H15N3O2. The van der Waals surface area contributed by atoms with E-state index in [9.17, 15) is 9.59 Å². The molecule has 0 spiro atoms. The van der Waals surface area contributed by atoms with Gasteiger partial charge in [-0.2, -0.15) is 0 Å². The first-order valence-electron chi connectivity index (χ1n) is 4.94. The molecule has 78 valence electrons. The van der Waals surface area contributed by atoms with Gasteiger partial charge in [0.15, 0.2) is 0 Å². The molecule has 2 aliphatic heterocycles. The SMILES string of the molecule is CC1(CN2C(=O)CNC2=O)CCCN1. The van der Waals surface area contributed by atoms with Crippen LogP contribution in [-0.4, -0.2) is 42.0 Å². The highest BCUT2D eigenvalue weighted by molar-refractivity contribution is 6.02. The van der Waals surface area contributed by atoms with Gasteiger partial charge in [-0.25, -0.2) is 4.79 Å². The van der Waals surface area contributed by atoms with Gasteiger partial charge in [0.25, 0.3) is 0 Å². The van der Waals surface area contributed by atoms with Crippen LogP contribution in [0, 0.1) is 0 Å². The van der Waals surface area contributed by atoms with Crippen LogP contribution in [0.1, 0.15) is 19.8 Å². The van der Waals surface area contributed by atoms with Gasteiger partial charge >= 0.3 is 6.03 Å². The van der Waals surface area contributed by atoms with Crippen LogP contribution in [0.15, 0.2) is 0 Å². The minimum atomic E-state index is -0.259. The molecule has 2 saturated heterocycles. The number of urea groups is 1. The van der Waals surface area contributed by atoms with E-state index in [4.69, 9.17) is 0 Å². The van der Waals surface area contributed by atoms with Gasteiger partial charge in [-0.1, -0.05) is 0 Å². The fraction of sp³-hybridized carbons (Fsp3) is 0.778. The minimum Gasteiger partial charge on any atom is -0.329 e. The molecule has 2 fully saturated rings. The van der Waals surface area contributed by atoms with Crippen molar-refractivity contribution < 1.29 is 9.59 Å². The Morgan fingerprint density at radius 2 is 2.29 bits per heavy atom. The van der Waals surface area contributed by atoms with Crippen molar-refractivity contribution in [2.75, 3.05) is 19.6 Å².